The molecular weight excluding hydrogens is 137 g/mol. The summed E-state index contributed by atoms with van der Waals surface area (Å²) in [4.78, 5) is 0. The topological polar surface area (TPSA) is 9.23 Å². The fourth-order valence-corrected chi connectivity index (χ4v) is 0.577. The van der Waals surface area contributed by atoms with E-state index in [1.54, 1.807) is 13.8 Å². The Bertz CT molecular complexity index is 97.9. The highest BCUT2D eigenvalue weighted by atomic mass is 19.3. The molecule has 0 aromatic rings. The van der Waals surface area contributed by atoms with Crippen molar-refractivity contribution in [1.82, 2.24) is 0 Å². The van der Waals surface area contributed by atoms with Gasteiger partial charge in [-0.1, -0.05) is 13.8 Å². The van der Waals surface area contributed by atoms with Crippen molar-refractivity contribution in [2.75, 3.05) is 7.11 Å². The van der Waals surface area contributed by atoms with Crippen LogP contribution in [0.2, 0.25) is 0 Å². The molecule has 0 heterocycles. The monoisotopic (exact) mass is 148 g/mol. The van der Waals surface area contributed by atoms with Crippen LogP contribution in [-0.4, -0.2) is 26.9 Å². The maximum atomic E-state index is 12.1. The second kappa shape index (κ2) is 3.33. The summed E-state index contributed by atoms with van der Waals surface area (Å²) in [5.41, 5.74) is -1.79. The third-order valence-corrected chi connectivity index (χ3v) is 1.60. The van der Waals surface area contributed by atoms with Crippen LogP contribution in [0.3, 0.4) is 0 Å². The lowest BCUT2D eigenvalue weighted by molar-refractivity contribution is -0.0898. The average molecular weight is 148 g/mol. The molecule has 58 valence electrons. The van der Waals surface area contributed by atoms with Crippen LogP contribution < -0.4 is 0 Å². The molecule has 0 saturated heterocycles. The Hall–Kier alpha value is -0.115. The predicted molar refractivity (Wildman–Crippen MR) is 36.3 cm³/mol. The van der Waals surface area contributed by atoms with Crippen LogP contribution in [-0.2, 0) is 4.74 Å². The number of alkyl halides is 2. The van der Waals surface area contributed by atoms with Crippen LogP contribution >= 0.6 is 0 Å². The summed E-state index contributed by atoms with van der Waals surface area (Å²) in [7, 11) is 6.40. The summed E-state index contributed by atoms with van der Waals surface area (Å²) in [5, 5.41) is 0. The van der Waals surface area contributed by atoms with E-state index in [4.69, 9.17) is 7.85 Å². The third-order valence-electron chi connectivity index (χ3n) is 1.60. The maximum Gasteiger partial charge on any atom is 0.258 e. The van der Waals surface area contributed by atoms with E-state index in [1.165, 1.54) is 7.11 Å². The molecule has 1 nitrogen and oxygen atoms in total. The molecule has 0 spiro atoms. The van der Waals surface area contributed by atoms with Gasteiger partial charge in [0.05, 0.1) is 5.50 Å². The van der Waals surface area contributed by atoms with Crippen LogP contribution in [0.5, 0.6) is 0 Å². The third kappa shape index (κ3) is 1.69. The van der Waals surface area contributed by atoms with Gasteiger partial charge in [0.25, 0.3) is 6.43 Å². The first-order valence-electron chi connectivity index (χ1n) is 3.07. The van der Waals surface area contributed by atoms with Gasteiger partial charge in [-0.3, -0.25) is 0 Å². The Morgan fingerprint density at radius 1 is 1.40 bits per heavy atom. The summed E-state index contributed by atoms with van der Waals surface area (Å²) in [5.74, 6) is -0.391. The SMILES string of the molecule is [B]C(OC)(C(C)C)C(F)F. The Balaban J connectivity index is 4.23. The summed E-state index contributed by atoms with van der Waals surface area (Å²) < 4.78 is 28.7. The average Bonchev–Trinajstić information content (AvgIpc) is 1.85. The van der Waals surface area contributed by atoms with Gasteiger partial charge in [-0.2, -0.15) is 0 Å². The second-order valence-corrected chi connectivity index (χ2v) is 2.51. The molecule has 0 rings (SSSR count). The molecule has 2 radical (unpaired) electrons. The highest BCUT2D eigenvalue weighted by molar-refractivity contribution is 6.15. The first-order valence-corrected chi connectivity index (χ1v) is 3.07. The largest absolute Gasteiger partial charge is 0.382 e. The van der Waals surface area contributed by atoms with Crippen molar-refractivity contribution >= 4 is 7.85 Å². The summed E-state index contributed by atoms with van der Waals surface area (Å²) in [6.45, 7) is 3.19. The van der Waals surface area contributed by atoms with Gasteiger partial charge in [-0.25, -0.2) is 8.78 Å². The lowest BCUT2D eigenvalue weighted by atomic mass is 9.73. The molecular formula is C6H11BF2O. The van der Waals surface area contributed by atoms with Crippen molar-refractivity contribution < 1.29 is 13.5 Å². The molecule has 1 atom stereocenters. The van der Waals surface area contributed by atoms with Crippen molar-refractivity contribution in [3.8, 4) is 0 Å². The number of hydrogen-bond acceptors (Lipinski definition) is 1. The second-order valence-electron chi connectivity index (χ2n) is 2.51. The molecule has 0 N–H and O–H groups in total. The van der Waals surface area contributed by atoms with E-state index in [-0.39, 0.29) is 0 Å². The number of ether oxygens (including phenoxy) is 1. The van der Waals surface area contributed by atoms with Crippen LogP contribution in [0, 0.1) is 5.92 Å². The van der Waals surface area contributed by atoms with Crippen LogP contribution in [0.15, 0.2) is 0 Å². The first-order chi connectivity index (χ1) is 4.45. The van der Waals surface area contributed by atoms with Crippen molar-refractivity contribution in [2.45, 2.75) is 25.8 Å². The molecule has 0 bridgehead atoms. The van der Waals surface area contributed by atoms with E-state index in [2.05, 4.69) is 4.74 Å². The van der Waals surface area contributed by atoms with Crippen LogP contribution in [0.25, 0.3) is 0 Å². The molecule has 0 fully saturated rings. The minimum absolute atomic E-state index is 0.391. The van der Waals surface area contributed by atoms with Crippen LogP contribution in [0.4, 0.5) is 8.78 Å². The highest BCUT2D eigenvalue weighted by Gasteiger charge is 2.37. The van der Waals surface area contributed by atoms with Gasteiger partial charge in [0.1, 0.15) is 7.85 Å². The fourth-order valence-electron chi connectivity index (χ4n) is 0.577. The zero-order valence-electron chi connectivity index (χ0n) is 6.40. The highest BCUT2D eigenvalue weighted by Crippen LogP contribution is 2.24. The minimum atomic E-state index is -2.64. The Labute approximate surface area is 61.2 Å². The zero-order chi connectivity index (χ0) is 8.36. The van der Waals surface area contributed by atoms with Crippen LogP contribution in [0.1, 0.15) is 13.8 Å². The normalized spacial score (nSPS) is 17.9. The molecule has 10 heavy (non-hydrogen) atoms. The van der Waals surface area contributed by atoms with Gasteiger partial charge in [0, 0.05) is 7.11 Å². The predicted octanol–water partition coefficient (Wildman–Crippen LogP) is 1.42. The number of rotatable bonds is 3. The van der Waals surface area contributed by atoms with E-state index >= 15 is 0 Å². The van der Waals surface area contributed by atoms with E-state index in [9.17, 15) is 8.78 Å². The summed E-state index contributed by atoms with van der Waals surface area (Å²) >= 11 is 0. The zero-order valence-corrected chi connectivity index (χ0v) is 6.40. The number of hydrogen-bond donors (Lipinski definition) is 0. The molecule has 0 amide bonds. The number of halogens is 2. The Morgan fingerprint density at radius 2 is 1.80 bits per heavy atom. The van der Waals surface area contributed by atoms with Gasteiger partial charge in [0.15, 0.2) is 0 Å². The van der Waals surface area contributed by atoms with Crippen molar-refractivity contribution in [1.29, 1.82) is 0 Å². The van der Waals surface area contributed by atoms with Gasteiger partial charge >= 0.3 is 0 Å². The smallest absolute Gasteiger partial charge is 0.258 e. The summed E-state index contributed by atoms with van der Waals surface area (Å²) in [6, 6.07) is 0. The lowest BCUT2D eigenvalue weighted by Crippen LogP contribution is -2.45. The molecule has 1 unspecified atom stereocenters. The minimum Gasteiger partial charge on any atom is -0.382 e. The quantitative estimate of drug-likeness (QED) is 0.550. The molecule has 0 aromatic heterocycles. The van der Waals surface area contributed by atoms with Gasteiger partial charge in [0.2, 0.25) is 0 Å². The first kappa shape index (κ1) is 9.88. The molecule has 0 aromatic carbocycles. The van der Waals surface area contributed by atoms with Crippen molar-refractivity contribution in [2.24, 2.45) is 5.92 Å². The van der Waals surface area contributed by atoms with Gasteiger partial charge < -0.3 is 4.74 Å². The molecule has 4 heteroatoms. The maximum absolute atomic E-state index is 12.1. The van der Waals surface area contributed by atoms with E-state index in [1.807, 2.05) is 0 Å². The molecule has 0 saturated carbocycles. The van der Waals surface area contributed by atoms with Crippen molar-refractivity contribution in [3.05, 3.63) is 0 Å². The number of methoxy groups -OCH3 is 1. The standard InChI is InChI=1S/C6H11BF2O/c1-4(2)6(7,10-3)5(8)9/h4-5H,1-3H3. The van der Waals surface area contributed by atoms with E-state index < -0.39 is 17.8 Å². The molecule has 0 aliphatic heterocycles. The molecule has 0 aliphatic rings. The summed E-state index contributed by atoms with van der Waals surface area (Å²) in [6.07, 6.45) is -2.64. The van der Waals surface area contributed by atoms with Crippen molar-refractivity contribution in [3.63, 3.8) is 0 Å². The Kier molecular flexibility index (Phi) is 3.29. The van der Waals surface area contributed by atoms with Gasteiger partial charge in [-0.15, -0.1) is 0 Å². The van der Waals surface area contributed by atoms with Gasteiger partial charge in [-0.05, 0) is 5.92 Å². The Morgan fingerprint density at radius 3 is 1.80 bits per heavy atom. The van der Waals surface area contributed by atoms with E-state index in [0.717, 1.165) is 0 Å². The van der Waals surface area contributed by atoms with E-state index in [0.29, 0.717) is 0 Å². The lowest BCUT2D eigenvalue weighted by Gasteiger charge is -2.31. The molecule has 0 aliphatic carbocycles. The fraction of sp³-hybridized carbons (Fsp3) is 1.00.